The van der Waals surface area contributed by atoms with Gasteiger partial charge in [-0.1, -0.05) is 25.3 Å². The van der Waals surface area contributed by atoms with E-state index >= 15 is 0 Å². The molecule has 3 aromatic rings. The molecule has 1 aromatic carbocycles. The van der Waals surface area contributed by atoms with Gasteiger partial charge in [0.2, 0.25) is 5.88 Å². The molecule has 0 spiro atoms. The van der Waals surface area contributed by atoms with Crippen molar-refractivity contribution in [2.24, 2.45) is 0 Å². The number of pyridine rings is 1. The van der Waals surface area contributed by atoms with Gasteiger partial charge >= 0.3 is 0 Å². The van der Waals surface area contributed by atoms with E-state index in [1.165, 1.54) is 18.5 Å². The Morgan fingerprint density at radius 3 is 2.59 bits per heavy atom. The summed E-state index contributed by atoms with van der Waals surface area (Å²) in [7, 11) is 0. The van der Waals surface area contributed by atoms with E-state index in [0.717, 1.165) is 0 Å². The van der Waals surface area contributed by atoms with Crippen LogP contribution in [0.15, 0.2) is 86.1 Å². The summed E-state index contributed by atoms with van der Waals surface area (Å²) in [5.74, 6) is 0.662. The number of anilines is 1. The van der Waals surface area contributed by atoms with Crippen LogP contribution in [0.1, 0.15) is 0 Å². The second kappa shape index (κ2) is 8.05. The van der Waals surface area contributed by atoms with Crippen molar-refractivity contribution >= 4 is 5.82 Å². The highest BCUT2D eigenvalue weighted by atomic mass is 19.1. The van der Waals surface area contributed by atoms with Crippen molar-refractivity contribution in [2.75, 3.05) is 5.73 Å². The fourth-order valence-corrected chi connectivity index (χ4v) is 2.43. The van der Waals surface area contributed by atoms with Gasteiger partial charge in [0.1, 0.15) is 17.4 Å². The lowest BCUT2D eigenvalue weighted by atomic mass is 10.0. The maximum absolute atomic E-state index is 14.7. The third-order valence-electron chi connectivity index (χ3n) is 3.70. The standard InChI is InChI=1S/C21H17FN4O/c1-3-6-15(4-2)27-21-16(7-5-10-24-21)14-8-9-17(18(22)11-14)19-12-26-20(23)13-25-19/h3-13H,1-2H2,(H2,23,26)/b15-6+. The van der Waals surface area contributed by atoms with Gasteiger partial charge in [-0.15, -0.1) is 0 Å². The number of aromatic nitrogens is 3. The predicted molar refractivity (Wildman–Crippen MR) is 104 cm³/mol. The average molecular weight is 360 g/mol. The molecule has 0 aliphatic rings. The molecular weight excluding hydrogens is 343 g/mol. The molecule has 0 atom stereocenters. The summed E-state index contributed by atoms with van der Waals surface area (Å²) in [6.45, 7) is 7.33. The number of hydrogen-bond donors (Lipinski definition) is 1. The lowest BCUT2D eigenvalue weighted by molar-refractivity contribution is 0.429. The van der Waals surface area contributed by atoms with Gasteiger partial charge in [0.15, 0.2) is 0 Å². The molecule has 0 aliphatic heterocycles. The van der Waals surface area contributed by atoms with Crippen molar-refractivity contribution in [1.29, 1.82) is 0 Å². The molecule has 0 fully saturated rings. The van der Waals surface area contributed by atoms with E-state index < -0.39 is 5.82 Å². The SMILES string of the molecule is C=C/C=C(\C=C)Oc1ncccc1-c1ccc(-c2cnc(N)cn2)c(F)c1. The molecule has 0 unspecified atom stereocenters. The number of rotatable bonds is 6. The number of halogens is 1. The van der Waals surface area contributed by atoms with E-state index in [4.69, 9.17) is 10.5 Å². The molecule has 0 aliphatic carbocycles. The first kappa shape index (κ1) is 18.0. The summed E-state index contributed by atoms with van der Waals surface area (Å²) >= 11 is 0. The summed E-state index contributed by atoms with van der Waals surface area (Å²) in [5, 5.41) is 0. The second-order valence-corrected chi connectivity index (χ2v) is 5.49. The van der Waals surface area contributed by atoms with Crippen molar-refractivity contribution in [3.05, 3.63) is 91.9 Å². The van der Waals surface area contributed by atoms with Crippen LogP contribution in [0.25, 0.3) is 22.4 Å². The minimum Gasteiger partial charge on any atom is -0.438 e. The van der Waals surface area contributed by atoms with Gasteiger partial charge in [-0.05, 0) is 42.0 Å². The monoisotopic (exact) mass is 360 g/mol. The fraction of sp³-hybridized carbons (Fsp3) is 0. The first-order valence-electron chi connectivity index (χ1n) is 8.08. The lowest BCUT2D eigenvalue weighted by Gasteiger charge is -2.11. The van der Waals surface area contributed by atoms with Gasteiger partial charge in [0, 0.05) is 17.3 Å². The molecule has 5 nitrogen and oxygen atoms in total. The normalized spacial score (nSPS) is 11.1. The van der Waals surface area contributed by atoms with Crippen LogP contribution in [0.5, 0.6) is 5.88 Å². The third kappa shape index (κ3) is 4.07. The molecule has 2 aromatic heterocycles. The van der Waals surface area contributed by atoms with Gasteiger partial charge in [0.25, 0.3) is 0 Å². The first-order valence-corrected chi connectivity index (χ1v) is 8.08. The van der Waals surface area contributed by atoms with Crippen molar-refractivity contribution in [3.63, 3.8) is 0 Å². The average Bonchev–Trinajstić information content (AvgIpc) is 2.69. The summed E-state index contributed by atoms with van der Waals surface area (Å²) in [4.78, 5) is 12.3. The highest BCUT2D eigenvalue weighted by Crippen LogP contribution is 2.32. The molecule has 0 saturated carbocycles. The van der Waals surface area contributed by atoms with Crippen LogP contribution in [0.2, 0.25) is 0 Å². The fourth-order valence-electron chi connectivity index (χ4n) is 2.43. The highest BCUT2D eigenvalue weighted by Gasteiger charge is 2.13. The molecule has 2 N–H and O–H groups in total. The van der Waals surface area contributed by atoms with E-state index in [0.29, 0.717) is 34.0 Å². The molecule has 0 bridgehead atoms. The lowest BCUT2D eigenvalue weighted by Crippen LogP contribution is -1.97. The van der Waals surface area contributed by atoms with Gasteiger partial charge in [-0.3, -0.25) is 4.98 Å². The Balaban J connectivity index is 1.99. The maximum Gasteiger partial charge on any atom is 0.227 e. The largest absolute Gasteiger partial charge is 0.438 e. The summed E-state index contributed by atoms with van der Waals surface area (Å²) in [6, 6.07) is 8.36. The summed E-state index contributed by atoms with van der Waals surface area (Å²) in [6.07, 6.45) is 9.21. The zero-order valence-corrected chi connectivity index (χ0v) is 14.5. The molecule has 0 saturated heterocycles. The van der Waals surface area contributed by atoms with E-state index in [1.807, 2.05) is 0 Å². The summed E-state index contributed by atoms with van der Waals surface area (Å²) < 4.78 is 20.5. The smallest absolute Gasteiger partial charge is 0.227 e. The van der Waals surface area contributed by atoms with E-state index in [-0.39, 0.29) is 5.82 Å². The molecule has 134 valence electrons. The van der Waals surface area contributed by atoms with Gasteiger partial charge in [-0.25, -0.2) is 14.4 Å². The van der Waals surface area contributed by atoms with E-state index in [9.17, 15) is 4.39 Å². The van der Waals surface area contributed by atoms with Crippen molar-refractivity contribution in [3.8, 4) is 28.3 Å². The number of nitrogens with zero attached hydrogens (tertiary/aromatic N) is 3. The number of nitrogens with two attached hydrogens (primary N) is 1. The summed E-state index contributed by atoms with van der Waals surface area (Å²) in [5.41, 5.74) is 7.51. The van der Waals surface area contributed by atoms with Crippen LogP contribution in [0, 0.1) is 5.82 Å². The first-order chi connectivity index (χ1) is 13.1. The van der Waals surface area contributed by atoms with Gasteiger partial charge < -0.3 is 10.5 Å². The van der Waals surface area contributed by atoms with Crippen LogP contribution in [0.4, 0.5) is 10.2 Å². The minimum absolute atomic E-state index is 0.276. The molecule has 27 heavy (non-hydrogen) atoms. The van der Waals surface area contributed by atoms with Crippen LogP contribution >= 0.6 is 0 Å². The van der Waals surface area contributed by atoms with Crippen LogP contribution in [-0.4, -0.2) is 15.0 Å². The molecule has 0 amide bonds. The Bertz CT molecular complexity index is 1010. The highest BCUT2D eigenvalue weighted by molar-refractivity contribution is 5.72. The number of nitrogen functional groups attached to an aromatic ring is 1. The Morgan fingerprint density at radius 1 is 1.07 bits per heavy atom. The number of hydrogen-bond acceptors (Lipinski definition) is 5. The van der Waals surface area contributed by atoms with Gasteiger partial charge in [0.05, 0.1) is 18.1 Å². The topological polar surface area (TPSA) is 73.9 Å². The third-order valence-corrected chi connectivity index (χ3v) is 3.70. The van der Waals surface area contributed by atoms with Crippen molar-refractivity contribution < 1.29 is 9.13 Å². The quantitative estimate of drug-likeness (QED) is 0.515. The maximum atomic E-state index is 14.7. The number of ether oxygens (including phenoxy) is 1. The molecular formula is C21H17FN4O. The van der Waals surface area contributed by atoms with Gasteiger partial charge in [-0.2, -0.15) is 0 Å². The van der Waals surface area contributed by atoms with E-state index in [1.54, 1.807) is 48.7 Å². The van der Waals surface area contributed by atoms with Crippen LogP contribution in [-0.2, 0) is 0 Å². The Hall–Kier alpha value is -3.80. The number of benzene rings is 1. The zero-order chi connectivity index (χ0) is 19.2. The molecule has 0 radical (unpaired) electrons. The number of allylic oxidation sites excluding steroid dienone is 3. The van der Waals surface area contributed by atoms with Crippen LogP contribution < -0.4 is 10.5 Å². The van der Waals surface area contributed by atoms with Crippen molar-refractivity contribution in [1.82, 2.24) is 15.0 Å². The Labute approximate surface area is 156 Å². The molecule has 3 rings (SSSR count). The second-order valence-electron chi connectivity index (χ2n) is 5.49. The Kier molecular flexibility index (Phi) is 5.37. The minimum atomic E-state index is -0.438. The Morgan fingerprint density at radius 2 is 1.93 bits per heavy atom. The molecule has 2 heterocycles. The predicted octanol–water partition coefficient (Wildman–Crippen LogP) is 4.56. The molecule has 6 heteroatoms. The van der Waals surface area contributed by atoms with Crippen molar-refractivity contribution in [2.45, 2.75) is 0 Å². The van der Waals surface area contributed by atoms with E-state index in [2.05, 4.69) is 28.1 Å². The zero-order valence-electron chi connectivity index (χ0n) is 14.5. The van der Waals surface area contributed by atoms with Crippen LogP contribution in [0.3, 0.4) is 0 Å².